The molecule has 0 saturated heterocycles. The molecule has 0 heterocycles. The van der Waals surface area contributed by atoms with Gasteiger partial charge >= 0.3 is 29.6 Å². The zero-order valence-electron chi connectivity index (χ0n) is 9.53. The Bertz CT molecular complexity index is 363. The Hall–Kier alpha value is -0.750. The third kappa shape index (κ3) is 7.53. The average Bonchev–Trinajstić information content (AvgIpc) is 2.24. The van der Waals surface area contributed by atoms with Crippen LogP contribution in [0.2, 0.25) is 0 Å². The summed E-state index contributed by atoms with van der Waals surface area (Å²) in [4.78, 5) is 10.1. The predicted molar refractivity (Wildman–Crippen MR) is 56.8 cm³/mol. The van der Waals surface area contributed by atoms with Gasteiger partial charge in [0.1, 0.15) is 0 Å². The van der Waals surface area contributed by atoms with Gasteiger partial charge in [0, 0.05) is 18.8 Å². The van der Waals surface area contributed by atoms with Crippen LogP contribution in [0.3, 0.4) is 0 Å². The molecule has 1 aromatic rings. The minimum atomic E-state index is -1.00. The fourth-order valence-electron chi connectivity index (χ4n) is 1.17. The quantitative estimate of drug-likeness (QED) is 0.342. The molecule has 0 unspecified atom stereocenters. The van der Waals surface area contributed by atoms with Gasteiger partial charge in [0.05, 0.1) is 0 Å². The largest absolute Gasteiger partial charge is 1.00 e. The number of carboxylic acid groups (broad SMARTS) is 1. The first-order valence-electron chi connectivity index (χ1n) is 4.98. The van der Waals surface area contributed by atoms with Crippen LogP contribution >= 0.6 is 0 Å². The standard InChI is InChI=1S/C13H14O2.Na/c14-13(15)11-7-2-1-4-8-12-9-5-3-6-10-12;/h3,5-6,9-10H,2,7-8,11H2,(H,14,15);/q;+1/p-1. The summed E-state index contributed by atoms with van der Waals surface area (Å²) in [6.07, 6.45) is 2.02. The monoisotopic (exact) mass is 224 g/mol. The first kappa shape index (κ1) is 15.2. The van der Waals surface area contributed by atoms with Crippen molar-refractivity contribution in [2.24, 2.45) is 0 Å². The van der Waals surface area contributed by atoms with E-state index in [-0.39, 0.29) is 36.0 Å². The molecule has 0 N–H and O–H groups in total. The van der Waals surface area contributed by atoms with E-state index in [0.29, 0.717) is 12.8 Å². The number of carboxylic acids is 1. The third-order valence-electron chi connectivity index (χ3n) is 1.94. The molecule has 0 aliphatic heterocycles. The minimum absolute atomic E-state index is 0. The van der Waals surface area contributed by atoms with Gasteiger partial charge in [-0.2, -0.15) is 0 Å². The molecule has 0 bridgehead atoms. The fraction of sp³-hybridized carbons (Fsp3) is 0.308. The van der Waals surface area contributed by atoms with Gasteiger partial charge < -0.3 is 9.90 Å². The molecule has 0 spiro atoms. The maximum absolute atomic E-state index is 10.1. The van der Waals surface area contributed by atoms with Crippen molar-refractivity contribution < 1.29 is 39.5 Å². The Labute approximate surface area is 118 Å². The molecule has 1 aromatic carbocycles. The number of aliphatic carboxylic acids is 1. The first-order valence-corrected chi connectivity index (χ1v) is 4.98. The SMILES string of the molecule is O=C([O-])CCCC#CCc1ccccc1.[Na+]. The van der Waals surface area contributed by atoms with E-state index in [2.05, 4.69) is 11.8 Å². The molecular weight excluding hydrogens is 211 g/mol. The second kappa shape index (κ2) is 9.47. The van der Waals surface area contributed by atoms with E-state index < -0.39 is 5.97 Å². The topological polar surface area (TPSA) is 40.1 Å². The van der Waals surface area contributed by atoms with E-state index in [1.165, 1.54) is 5.56 Å². The summed E-state index contributed by atoms with van der Waals surface area (Å²) in [7, 11) is 0. The molecule has 2 nitrogen and oxygen atoms in total. The average molecular weight is 224 g/mol. The summed E-state index contributed by atoms with van der Waals surface area (Å²) in [5.74, 6) is 4.96. The normalized spacial score (nSPS) is 8.50. The number of hydrogen-bond acceptors (Lipinski definition) is 2. The van der Waals surface area contributed by atoms with Gasteiger partial charge in [0.15, 0.2) is 0 Å². The van der Waals surface area contributed by atoms with Crippen molar-refractivity contribution in [2.45, 2.75) is 25.7 Å². The Balaban J connectivity index is 0.00000225. The van der Waals surface area contributed by atoms with Crippen molar-refractivity contribution in [1.29, 1.82) is 0 Å². The maximum atomic E-state index is 10.1. The molecule has 0 fully saturated rings. The molecule has 0 aliphatic rings. The Kier molecular flexibility index (Phi) is 9.03. The van der Waals surface area contributed by atoms with E-state index >= 15 is 0 Å². The number of rotatable bonds is 4. The summed E-state index contributed by atoms with van der Waals surface area (Å²) in [5, 5.41) is 10.1. The van der Waals surface area contributed by atoms with E-state index in [0.717, 1.165) is 6.42 Å². The second-order valence-corrected chi connectivity index (χ2v) is 3.24. The van der Waals surface area contributed by atoms with Gasteiger partial charge in [-0.3, -0.25) is 0 Å². The molecule has 0 saturated carbocycles. The molecule has 0 aliphatic carbocycles. The van der Waals surface area contributed by atoms with Gasteiger partial charge in [-0.15, -0.1) is 5.92 Å². The van der Waals surface area contributed by atoms with Gasteiger partial charge in [0.25, 0.3) is 0 Å². The van der Waals surface area contributed by atoms with Crippen LogP contribution in [0.5, 0.6) is 0 Å². The molecular formula is C13H13NaO2. The minimum Gasteiger partial charge on any atom is -0.550 e. The first-order chi connectivity index (χ1) is 7.29. The zero-order valence-corrected chi connectivity index (χ0v) is 11.5. The third-order valence-corrected chi connectivity index (χ3v) is 1.94. The summed E-state index contributed by atoms with van der Waals surface area (Å²) >= 11 is 0. The van der Waals surface area contributed by atoms with Crippen LogP contribution in [0.4, 0.5) is 0 Å². The number of hydrogen-bond donors (Lipinski definition) is 0. The summed E-state index contributed by atoms with van der Waals surface area (Å²) in [6.45, 7) is 0. The summed E-state index contributed by atoms with van der Waals surface area (Å²) in [5.41, 5.74) is 1.19. The van der Waals surface area contributed by atoms with Crippen LogP contribution in [0.1, 0.15) is 24.8 Å². The van der Waals surface area contributed by atoms with Crippen LogP contribution in [-0.4, -0.2) is 5.97 Å². The zero-order chi connectivity index (χ0) is 10.9. The number of carbonyl (C=O) groups is 1. The Morgan fingerprint density at radius 3 is 2.50 bits per heavy atom. The molecule has 0 atom stereocenters. The molecule has 0 amide bonds. The summed E-state index contributed by atoms with van der Waals surface area (Å²) < 4.78 is 0. The number of benzene rings is 1. The van der Waals surface area contributed by atoms with Crippen molar-refractivity contribution >= 4 is 5.97 Å². The van der Waals surface area contributed by atoms with E-state index in [9.17, 15) is 9.90 Å². The van der Waals surface area contributed by atoms with Crippen molar-refractivity contribution in [3.05, 3.63) is 35.9 Å². The number of carbonyl (C=O) groups excluding carboxylic acids is 1. The van der Waals surface area contributed by atoms with Gasteiger partial charge in [0.2, 0.25) is 0 Å². The van der Waals surface area contributed by atoms with E-state index in [1.807, 2.05) is 30.3 Å². The van der Waals surface area contributed by atoms with Crippen LogP contribution in [0, 0.1) is 11.8 Å². The van der Waals surface area contributed by atoms with Gasteiger partial charge in [-0.1, -0.05) is 36.3 Å². The fourth-order valence-corrected chi connectivity index (χ4v) is 1.17. The maximum Gasteiger partial charge on any atom is 1.00 e. The Morgan fingerprint density at radius 1 is 1.19 bits per heavy atom. The smallest absolute Gasteiger partial charge is 0.550 e. The van der Waals surface area contributed by atoms with Crippen molar-refractivity contribution in [3.8, 4) is 11.8 Å². The number of unbranched alkanes of at least 4 members (excludes halogenated alkanes) is 1. The van der Waals surface area contributed by atoms with Crippen LogP contribution < -0.4 is 34.7 Å². The van der Waals surface area contributed by atoms with Crippen molar-refractivity contribution in [1.82, 2.24) is 0 Å². The molecule has 3 heteroatoms. The van der Waals surface area contributed by atoms with Crippen molar-refractivity contribution in [2.75, 3.05) is 0 Å². The van der Waals surface area contributed by atoms with Gasteiger partial charge in [-0.25, -0.2) is 0 Å². The Morgan fingerprint density at radius 2 is 1.88 bits per heavy atom. The summed E-state index contributed by atoms with van der Waals surface area (Å²) in [6, 6.07) is 9.97. The molecule has 16 heavy (non-hydrogen) atoms. The van der Waals surface area contributed by atoms with E-state index in [4.69, 9.17) is 0 Å². The second-order valence-electron chi connectivity index (χ2n) is 3.24. The van der Waals surface area contributed by atoms with Crippen LogP contribution in [-0.2, 0) is 11.2 Å². The van der Waals surface area contributed by atoms with Crippen molar-refractivity contribution in [3.63, 3.8) is 0 Å². The molecule has 1 rings (SSSR count). The van der Waals surface area contributed by atoms with E-state index in [1.54, 1.807) is 0 Å². The molecule has 0 aromatic heterocycles. The predicted octanol–water partition coefficient (Wildman–Crippen LogP) is -1.84. The molecule has 0 radical (unpaired) electrons. The van der Waals surface area contributed by atoms with Gasteiger partial charge in [-0.05, 0) is 18.4 Å². The van der Waals surface area contributed by atoms with Crippen LogP contribution in [0.15, 0.2) is 30.3 Å². The molecule has 78 valence electrons. The van der Waals surface area contributed by atoms with Crippen LogP contribution in [0.25, 0.3) is 0 Å².